The van der Waals surface area contributed by atoms with Gasteiger partial charge in [-0.3, -0.25) is 4.79 Å². The third-order valence-corrected chi connectivity index (χ3v) is 3.66. The summed E-state index contributed by atoms with van der Waals surface area (Å²) in [6, 6.07) is 4.12. The van der Waals surface area contributed by atoms with Crippen LogP contribution in [0.15, 0.2) is 18.2 Å². The van der Waals surface area contributed by atoms with Crippen LogP contribution in [0.4, 0.5) is 4.39 Å². The molecule has 1 aliphatic rings. The van der Waals surface area contributed by atoms with Crippen LogP contribution in [0.3, 0.4) is 0 Å². The molecular weight excluding hydrogens is 269 g/mol. The number of carbonyl (C=O) groups is 1. The van der Waals surface area contributed by atoms with E-state index in [1.54, 1.807) is 0 Å². The molecule has 0 spiro atoms. The molecular formula is C14H17ClFNO2. The Morgan fingerprint density at radius 3 is 3.00 bits per heavy atom. The molecule has 1 heterocycles. The van der Waals surface area contributed by atoms with E-state index in [0.717, 1.165) is 25.8 Å². The summed E-state index contributed by atoms with van der Waals surface area (Å²) < 4.78 is 18.2. The van der Waals surface area contributed by atoms with Crippen LogP contribution >= 0.6 is 11.6 Å². The Balaban J connectivity index is 1.92. The minimum absolute atomic E-state index is 0.0485. The molecule has 0 aromatic heterocycles. The van der Waals surface area contributed by atoms with Gasteiger partial charge in [0.25, 0.3) is 5.91 Å². The predicted octanol–water partition coefficient (Wildman–Crippen LogP) is 3.26. The molecule has 1 unspecified atom stereocenters. The first kappa shape index (κ1) is 14.1. The lowest BCUT2D eigenvalue weighted by atomic mass is 10.0. The van der Waals surface area contributed by atoms with Crippen molar-refractivity contribution in [3.05, 3.63) is 29.0 Å². The molecule has 0 saturated carbocycles. The third kappa shape index (κ3) is 3.60. The molecule has 1 amide bonds. The fourth-order valence-corrected chi connectivity index (χ4v) is 2.51. The lowest BCUT2D eigenvalue weighted by molar-refractivity contribution is -0.136. The van der Waals surface area contributed by atoms with Crippen LogP contribution in [0.1, 0.15) is 26.2 Å². The van der Waals surface area contributed by atoms with Crippen LogP contribution in [0, 0.1) is 5.82 Å². The van der Waals surface area contributed by atoms with E-state index in [2.05, 4.69) is 0 Å². The van der Waals surface area contributed by atoms with E-state index in [4.69, 9.17) is 16.3 Å². The van der Waals surface area contributed by atoms with Gasteiger partial charge in [0, 0.05) is 12.6 Å². The summed E-state index contributed by atoms with van der Waals surface area (Å²) in [5.74, 6) is -0.137. The highest BCUT2D eigenvalue weighted by atomic mass is 35.5. The van der Waals surface area contributed by atoms with Gasteiger partial charge in [-0.25, -0.2) is 4.39 Å². The van der Waals surface area contributed by atoms with E-state index < -0.39 is 5.82 Å². The number of benzene rings is 1. The lowest BCUT2D eigenvalue weighted by Gasteiger charge is -2.33. The van der Waals surface area contributed by atoms with Gasteiger partial charge in [0.1, 0.15) is 11.6 Å². The average Bonchev–Trinajstić information content (AvgIpc) is 2.38. The van der Waals surface area contributed by atoms with Crippen LogP contribution in [-0.4, -0.2) is 30.0 Å². The van der Waals surface area contributed by atoms with E-state index in [1.165, 1.54) is 18.2 Å². The van der Waals surface area contributed by atoms with Gasteiger partial charge in [0.2, 0.25) is 0 Å². The topological polar surface area (TPSA) is 29.5 Å². The van der Waals surface area contributed by atoms with Gasteiger partial charge in [-0.05, 0) is 44.4 Å². The van der Waals surface area contributed by atoms with Crippen molar-refractivity contribution in [3.63, 3.8) is 0 Å². The van der Waals surface area contributed by atoms with Crippen molar-refractivity contribution in [1.29, 1.82) is 0 Å². The Hall–Kier alpha value is -1.29. The van der Waals surface area contributed by atoms with Gasteiger partial charge in [0.05, 0.1) is 5.02 Å². The first-order valence-electron chi connectivity index (χ1n) is 6.45. The number of piperidine rings is 1. The average molecular weight is 286 g/mol. The molecule has 1 aliphatic heterocycles. The SMILES string of the molecule is CC1CCCCN1C(=O)COc1ccc(F)cc1Cl. The van der Waals surface area contributed by atoms with Crippen LogP contribution < -0.4 is 4.74 Å². The number of ether oxygens (including phenoxy) is 1. The number of carbonyl (C=O) groups excluding carboxylic acids is 1. The Labute approximate surface area is 117 Å². The van der Waals surface area contributed by atoms with Crippen LogP contribution in [0.2, 0.25) is 5.02 Å². The predicted molar refractivity (Wildman–Crippen MR) is 71.9 cm³/mol. The second-order valence-electron chi connectivity index (χ2n) is 4.80. The van der Waals surface area contributed by atoms with E-state index in [-0.39, 0.29) is 23.6 Å². The van der Waals surface area contributed by atoms with E-state index in [9.17, 15) is 9.18 Å². The Bertz CT molecular complexity index is 467. The zero-order valence-corrected chi connectivity index (χ0v) is 11.6. The zero-order chi connectivity index (χ0) is 13.8. The first-order chi connectivity index (χ1) is 9.08. The van der Waals surface area contributed by atoms with Crippen molar-refractivity contribution in [2.45, 2.75) is 32.2 Å². The molecule has 0 aliphatic carbocycles. The standard InChI is InChI=1S/C14H17ClFNO2/c1-10-4-2-3-7-17(10)14(18)9-19-13-6-5-11(16)8-12(13)15/h5-6,8,10H,2-4,7,9H2,1H3. The highest BCUT2D eigenvalue weighted by Gasteiger charge is 2.23. The van der Waals surface area contributed by atoms with Crippen molar-refractivity contribution in [3.8, 4) is 5.75 Å². The summed E-state index contributed by atoms with van der Waals surface area (Å²) in [5, 5.41) is 0.180. The summed E-state index contributed by atoms with van der Waals surface area (Å²) in [4.78, 5) is 13.9. The monoisotopic (exact) mass is 285 g/mol. The van der Waals surface area contributed by atoms with E-state index in [1.807, 2.05) is 11.8 Å². The van der Waals surface area contributed by atoms with Gasteiger partial charge in [0.15, 0.2) is 6.61 Å². The van der Waals surface area contributed by atoms with E-state index in [0.29, 0.717) is 5.75 Å². The van der Waals surface area contributed by atoms with Crippen molar-refractivity contribution in [2.75, 3.05) is 13.2 Å². The quantitative estimate of drug-likeness (QED) is 0.853. The minimum atomic E-state index is -0.423. The first-order valence-corrected chi connectivity index (χ1v) is 6.83. The van der Waals surface area contributed by atoms with Crippen molar-refractivity contribution in [1.82, 2.24) is 4.90 Å². The number of halogens is 2. The van der Waals surface area contributed by atoms with Crippen molar-refractivity contribution >= 4 is 17.5 Å². The fraction of sp³-hybridized carbons (Fsp3) is 0.500. The highest BCUT2D eigenvalue weighted by Crippen LogP contribution is 2.25. The molecule has 1 saturated heterocycles. The second-order valence-corrected chi connectivity index (χ2v) is 5.20. The number of likely N-dealkylation sites (tertiary alicyclic amines) is 1. The molecule has 0 bridgehead atoms. The highest BCUT2D eigenvalue weighted by molar-refractivity contribution is 6.32. The molecule has 1 fully saturated rings. The molecule has 3 nitrogen and oxygen atoms in total. The Morgan fingerprint density at radius 2 is 2.32 bits per heavy atom. The fourth-order valence-electron chi connectivity index (χ4n) is 2.28. The maximum Gasteiger partial charge on any atom is 0.260 e. The molecule has 1 aromatic rings. The summed E-state index contributed by atoms with van der Waals surface area (Å²) in [6.07, 6.45) is 3.23. The summed E-state index contributed by atoms with van der Waals surface area (Å²) in [6.45, 7) is 2.76. The second kappa shape index (κ2) is 6.24. The van der Waals surface area contributed by atoms with E-state index >= 15 is 0 Å². The number of nitrogens with zero attached hydrogens (tertiary/aromatic N) is 1. The van der Waals surface area contributed by atoms with Crippen LogP contribution in [-0.2, 0) is 4.79 Å². The summed E-state index contributed by atoms with van der Waals surface area (Å²) in [7, 11) is 0. The Kier molecular flexibility index (Phi) is 4.64. The number of hydrogen-bond acceptors (Lipinski definition) is 2. The van der Waals surface area contributed by atoms with Gasteiger partial charge in [-0.1, -0.05) is 11.6 Å². The van der Waals surface area contributed by atoms with Gasteiger partial charge in [-0.2, -0.15) is 0 Å². The molecule has 0 radical (unpaired) electrons. The molecule has 1 atom stereocenters. The van der Waals surface area contributed by atoms with Crippen LogP contribution in [0.25, 0.3) is 0 Å². The van der Waals surface area contributed by atoms with Crippen molar-refractivity contribution in [2.24, 2.45) is 0 Å². The van der Waals surface area contributed by atoms with Crippen molar-refractivity contribution < 1.29 is 13.9 Å². The molecule has 1 aromatic carbocycles. The number of rotatable bonds is 3. The summed E-state index contributed by atoms with van der Waals surface area (Å²) in [5.41, 5.74) is 0. The summed E-state index contributed by atoms with van der Waals surface area (Å²) >= 11 is 5.84. The normalized spacial score (nSPS) is 19.3. The van der Waals surface area contributed by atoms with Gasteiger partial charge >= 0.3 is 0 Å². The molecule has 19 heavy (non-hydrogen) atoms. The van der Waals surface area contributed by atoms with Gasteiger partial charge in [-0.15, -0.1) is 0 Å². The Morgan fingerprint density at radius 1 is 1.53 bits per heavy atom. The maximum absolute atomic E-state index is 12.9. The molecule has 104 valence electrons. The molecule has 5 heteroatoms. The lowest BCUT2D eigenvalue weighted by Crippen LogP contribution is -2.44. The maximum atomic E-state index is 12.9. The zero-order valence-electron chi connectivity index (χ0n) is 10.9. The number of hydrogen-bond donors (Lipinski definition) is 0. The molecule has 0 N–H and O–H groups in total. The smallest absolute Gasteiger partial charge is 0.260 e. The van der Waals surface area contributed by atoms with Crippen LogP contribution in [0.5, 0.6) is 5.75 Å². The minimum Gasteiger partial charge on any atom is -0.482 e. The molecule has 2 rings (SSSR count). The largest absolute Gasteiger partial charge is 0.482 e. The van der Waals surface area contributed by atoms with Gasteiger partial charge < -0.3 is 9.64 Å². The third-order valence-electron chi connectivity index (χ3n) is 3.37. The number of amides is 1.